The third-order valence-electron chi connectivity index (χ3n) is 4.94. The largest absolute Gasteiger partial charge is 0.491 e. The average Bonchev–Trinajstić information content (AvgIpc) is 2.95. The van der Waals surface area contributed by atoms with E-state index >= 15 is 0 Å². The zero-order valence-electron chi connectivity index (χ0n) is 16.9. The second-order valence-electron chi connectivity index (χ2n) is 7.13. The summed E-state index contributed by atoms with van der Waals surface area (Å²) in [6.07, 6.45) is 1.93. The summed E-state index contributed by atoms with van der Waals surface area (Å²) in [4.78, 5) is 26.1. The fraction of sp³-hybridized carbons (Fsp3) is 0.391. The van der Waals surface area contributed by atoms with Crippen LogP contribution < -0.4 is 15.4 Å². The summed E-state index contributed by atoms with van der Waals surface area (Å²) in [6, 6.07) is 16.0. The third-order valence-corrected chi connectivity index (χ3v) is 4.94. The van der Waals surface area contributed by atoms with E-state index in [0.717, 1.165) is 23.3 Å². The van der Waals surface area contributed by atoms with E-state index in [-0.39, 0.29) is 11.9 Å². The minimum absolute atomic E-state index is 0.0519. The molecule has 1 aliphatic rings. The van der Waals surface area contributed by atoms with Gasteiger partial charge in [-0.25, -0.2) is 4.79 Å². The molecule has 2 N–H and O–H groups in total. The van der Waals surface area contributed by atoms with Crippen molar-refractivity contribution in [1.29, 1.82) is 0 Å². The topological polar surface area (TPSA) is 70.7 Å². The van der Waals surface area contributed by atoms with E-state index in [4.69, 9.17) is 4.74 Å². The van der Waals surface area contributed by atoms with Gasteiger partial charge in [-0.2, -0.15) is 0 Å². The number of rotatable bonds is 7. The first-order valence-corrected chi connectivity index (χ1v) is 10.2. The third kappa shape index (κ3) is 6.24. The molecule has 6 heteroatoms. The summed E-state index contributed by atoms with van der Waals surface area (Å²) in [5, 5.41) is 5.82. The Balaban J connectivity index is 1.50. The Kier molecular flexibility index (Phi) is 7.50. The summed E-state index contributed by atoms with van der Waals surface area (Å²) in [7, 11) is 0. The molecule has 2 aromatic carbocycles. The number of urea groups is 1. The first-order valence-electron chi connectivity index (χ1n) is 10.2. The van der Waals surface area contributed by atoms with Crippen molar-refractivity contribution in [2.45, 2.75) is 32.7 Å². The van der Waals surface area contributed by atoms with Gasteiger partial charge >= 0.3 is 6.03 Å². The number of hydrogen-bond donors (Lipinski definition) is 2. The van der Waals surface area contributed by atoms with Gasteiger partial charge in [0.05, 0.1) is 13.1 Å². The van der Waals surface area contributed by atoms with Crippen LogP contribution in [0.4, 0.5) is 4.79 Å². The van der Waals surface area contributed by atoms with Crippen LogP contribution >= 0.6 is 0 Å². The molecule has 2 aromatic rings. The van der Waals surface area contributed by atoms with Gasteiger partial charge < -0.3 is 20.3 Å². The molecule has 29 heavy (non-hydrogen) atoms. The molecule has 0 radical (unpaired) electrons. The molecule has 1 aliphatic heterocycles. The van der Waals surface area contributed by atoms with E-state index in [9.17, 15) is 9.59 Å². The van der Waals surface area contributed by atoms with Crippen LogP contribution in [0.3, 0.4) is 0 Å². The van der Waals surface area contributed by atoms with E-state index in [0.29, 0.717) is 45.6 Å². The van der Waals surface area contributed by atoms with Crippen molar-refractivity contribution in [1.82, 2.24) is 15.5 Å². The van der Waals surface area contributed by atoms with Crippen molar-refractivity contribution in [3.8, 4) is 5.75 Å². The van der Waals surface area contributed by atoms with E-state index in [1.54, 1.807) is 4.90 Å². The maximum absolute atomic E-state index is 12.2. The van der Waals surface area contributed by atoms with Crippen molar-refractivity contribution in [2.24, 2.45) is 0 Å². The van der Waals surface area contributed by atoms with E-state index in [1.807, 2.05) is 43.3 Å². The highest BCUT2D eigenvalue weighted by molar-refractivity contribution is 5.76. The number of fused-ring (bicyclic) bond motifs is 1. The monoisotopic (exact) mass is 395 g/mol. The lowest BCUT2D eigenvalue weighted by atomic mass is 10.0. The van der Waals surface area contributed by atoms with E-state index in [2.05, 4.69) is 22.8 Å². The molecule has 0 unspecified atom stereocenters. The Bertz CT molecular complexity index is 823. The summed E-state index contributed by atoms with van der Waals surface area (Å²) in [5.74, 6) is 0.865. The number of aryl methyl sites for hydroxylation is 1. The predicted molar refractivity (Wildman–Crippen MR) is 113 cm³/mol. The van der Waals surface area contributed by atoms with Crippen LogP contribution in [0.5, 0.6) is 5.75 Å². The Morgan fingerprint density at radius 3 is 2.66 bits per heavy atom. The molecule has 3 rings (SSSR count). The standard InChI is InChI=1S/C23H29N3O3/c1-2-24-23(28)26-14-15-29-21-10-8-19(16-20(21)17-26)9-11-22(27)25-13-12-18-6-4-3-5-7-18/h3-8,10,16H,2,9,11-15,17H2,1H3,(H,24,28)(H,25,27). The normalized spacial score (nSPS) is 13.1. The van der Waals surface area contributed by atoms with Crippen molar-refractivity contribution in [3.05, 3.63) is 65.2 Å². The minimum Gasteiger partial charge on any atom is -0.491 e. The Morgan fingerprint density at radius 1 is 1.03 bits per heavy atom. The molecular formula is C23H29N3O3. The first kappa shape index (κ1) is 20.7. The molecule has 0 fully saturated rings. The molecule has 1 heterocycles. The van der Waals surface area contributed by atoms with Gasteiger partial charge in [-0.3, -0.25) is 4.79 Å². The van der Waals surface area contributed by atoms with Crippen LogP contribution in [0.2, 0.25) is 0 Å². The molecule has 0 spiro atoms. The Hall–Kier alpha value is -3.02. The lowest BCUT2D eigenvalue weighted by molar-refractivity contribution is -0.121. The maximum Gasteiger partial charge on any atom is 0.317 e. The molecular weight excluding hydrogens is 366 g/mol. The number of carbonyl (C=O) groups excluding carboxylic acids is 2. The molecule has 6 nitrogen and oxygen atoms in total. The molecule has 154 valence electrons. The van der Waals surface area contributed by atoms with Crippen molar-refractivity contribution < 1.29 is 14.3 Å². The van der Waals surface area contributed by atoms with Crippen molar-refractivity contribution in [2.75, 3.05) is 26.2 Å². The van der Waals surface area contributed by atoms with Gasteiger partial charge in [0, 0.05) is 25.1 Å². The zero-order valence-corrected chi connectivity index (χ0v) is 16.9. The van der Waals surface area contributed by atoms with Gasteiger partial charge in [-0.05, 0) is 37.0 Å². The maximum atomic E-state index is 12.2. The van der Waals surface area contributed by atoms with Crippen LogP contribution in [0.1, 0.15) is 30.0 Å². The molecule has 0 atom stereocenters. The second-order valence-corrected chi connectivity index (χ2v) is 7.13. The summed E-state index contributed by atoms with van der Waals surface area (Å²) >= 11 is 0. The number of amides is 3. The van der Waals surface area contributed by atoms with Gasteiger partial charge in [0.25, 0.3) is 0 Å². The molecule has 0 saturated heterocycles. The smallest absolute Gasteiger partial charge is 0.317 e. The van der Waals surface area contributed by atoms with Crippen molar-refractivity contribution in [3.63, 3.8) is 0 Å². The highest BCUT2D eigenvalue weighted by Gasteiger charge is 2.19. The Morgan fingerprint density at radius 2 is 1.86 bits per heavy atom. The number of hydrogen-bond acceptors (Lipinski definition) is 3. The van der Waals surface area contributed by atoms with Gasteiger partial charge in [0.1, 0.15) is 12.4 Å². The summed E-state index contributed by atoms with van der Waals surface area (Å²) < 4.78 is 5.78. The van der Waals surface area contributed by atoms with Gasteiger partial charge in [0.15, 0.2) is 0 Å². The fourth-order valence-corrected chi connectivity index (χ4v) is 3.38. The SMILES string of the molecule is CCNC(=O)N1CCOc2ccc(CCC(=O)NCCc3ccccc3)cc2C1. The minimum atomic E-state index is -0.0767. The van der Waals surface area contributed by atoms with Crippen LogP contribution in [-0.2, 0) is 24.2 Å². The van der Waals surface area contributed by atoms with Gasteiger partial charge in [-0.15, -0.1) is 0 Å². The summed E-state index contributed by atoms with van der Waals surface area (Å²) in [5.41, 5.74) is 3.27. The molecule has 0 bridgehead atoms. The highest BCUT2D eigenvalue weighted by Crippen LogP contribution is 2.25. The predicted octanol–water partition coefficient (Wildman–Crippen LogP) is 2.90. The number of benzene rings is 2. The molecule has 0 aromatic heterocycles. The summed E-state index contributed by atoms with van der Waals surface area (Å²) in [6.45, 7) is 4.69. The van der Waals surface area contributed by atoms with Gasteiger partial charge in [0.2, 0.25) is 5.91 Å². The lowest BCUT2D eigenvalue weighted by Gasteiger charge is -2.20. The number of carbonyl (C=O) groups is 2. The number of nitrogens with one attached hydrogen (secondary N) is 2. The van der Waals surface area contributed by atoms with Crippen molar-refractivity contribution >= 4 is 11.9 Å². The fourth-order valence-electron chi connectivity index (χ4n) is 3.38. The Labute approximate surface area is 172 Å². The lowest BCUT2D eigenvalue weighted by Crippen LogP contribution is -2.40. The van der Waals surface area contributed by atoms with Crippen LogP contribution in [0.25, 0.3) is 0 Å². The molecule has 3 amide bonds. The number of nitrogens with zero attached hydrogens (tertiary/aromatic N) is 1. The molecule has 0 saturated carbocycles. The molecule has 0 aliphatic carbocycles. The van der Waals surface area contributed by atoms with Crippen LogP contribution in [-0.4, -0.2) is 43.1 Å². The van der Waals surface area contributed by atoms with Crippen LogP contribution in [0.15, 0.2) is 48.5 Å². The number of ether oxygens (including phenoxy) is 1. The first-order chi connectivity index (χ1) is 14.2. The quantitative estimate of drug-likeness (QED) is 0.757. The van der Waals surface area contributed by atoms with E-state index in [1.165, 1.54) is 5.56 Å². The van der Waals surface area contributed by atoms with Gasteiger partial charge in [-0.1, -0.05) is 42.5 Å². The zero-order chi connectivity index (χ0) is 20.5. The van der Waals surface area contributed by atoms with E-state index < -0.39 is 0 Å². The average molecular weight is 396 g/mol. The second kappa shape index (κ2) is 10.5. The van der Waals surface area contributed by atoms with Crippen LogP contribution in [0, 0.1) is 0 Å². The highest BCUT2D eigenvalue weighted by atomic mass is 16.5.